The van der Waals surface area contributed by atoms with Crippen LogP contribution in [0.25, 0.3) is 22.3 Å². The number of nitrogens with zero attached hydrogens (tertiary/aromatic N) is 5. The molecule has 0 amide bonds. The van der Waals surface area contributed by atoms with E-state index in [0.717, 1.165) is 74.0 Å². The highest BCUT2D eigenvalue weighted by Gasteiger charge is 2.22. The number of rotatable bonds is 8. The molecule has 0 unspecified atom stereocenters. The maximum atomic E-state index is 6.10. The lowest BCUT2D eigenvalue weighted by molar-refractivity contribution is 0.288. The summed E-state index contributed by atoms with van der Waals surface area (Å²) < 4.78 is 2.09. The monoisotopic (exact) mass is 407 g/mol. The SMILES string of the molecule is CN(C)CCCNc1ncc2c(-c3ccccc3)nn(CC3CCC(N)CC3)c2n1. The van der Waals surface area contributed by atoms with E-state index in [1.54, 1.807) is 0 Å². The van der Waals surface area contributed by atoms with Gasteiger partial charge in [0.25, 0.3) is 0 Å². The van der Waals surface area contributed by atoms with Crippen LogP contribution in [0.1, 0.15) is 32.1 Å². The van der Waals surface area contributed by atoms with Crippen LogP contribution in [0.4, 0.5) is 5.95 Å². The van der Waals surface area contributed by atoms with Crippen molar-refractivity contribution in [3.63, 3.8) is 0 Å². The van der Waals surface area contributed by atoms with Gasteiger partial charge in [0.15, 0.2) is 5.65 Å². The van der Waals surface area contributed by atoms with Crippen molar-refractivity contribution in [2.75, 3.05) is 32.5 Å². The molecule has 3 N–H and O–H groups in total. The van der Waals surface area contributed by atoms with Gasteiger partial charge < -0.3 is 16.0 Å². The molecule has 0 spiro atoms. The van der Waals surface area contributed by atoms with E-state index in [4.69, 9.17) is 15.8 Å². The fourth-order valence-electron chi connectivity index (χ4n) is 4.19. The first-order valence-corrected chi connectivity index (χ1v) is 11.0. The van der Waals surface area contributed by atoms with E-state index >= 15 is 0 Å². The summed E-state index contributed by atoms with van der Waals surface area (Å²) >= 11 is 0. The average Bonchev–Trinajstić information content (AvgIpc) is 3.11. The van der Waals surface area contributed by atoms with Gasteiger partial charge in [-0.25, -0.2) is 9.67 Å². The largest absolute Gasteiger partial charge is 0.354 e. The molecule has 3 aromatic rings. The summed E-state index contributed by atoms with van der Waals surface area (Å²) in [5, 5.41) is 9.36. The quantitative estimate of drug-likeness (QED) is 0.557. The summed E-state index contributed by atoms with van der Waals surface area (Å²) in [5.41, 5.74) is 9.07. The van der Waals surface area contributed by atoms with Crippen LogP contribution in [0.5, 0.6) is 0 Å². The second-order valence-electron chi connectivity index (χ2n) is 8.69. The van der Waals surface area contributed by atoms with E-state index in [0.29, 0.717) is 17.9 Å². The number of benzene rings is 1. The van der Waals surface area contributed by atoms with Crippen LogP contribution < -0.4 is 11.1 Å². The van der Waals surface area contributed by atoms with Gasteiger partial charge in [-0.3, -0.25) is 0 Å². The number of anilines is 1. The number of nitrogens with one attached hydrogen (secondary N) is 1. The summed E-state index contributed by atoms with van der Waals surface area (Å²) in [6.07, 6.45) is 7.48. The second kappa shape index (κ2) is 9.53. The molecule has 0 radical (unpaired) electrons. The van der Waals surface area contributed by atoms with E-state index in [1.165, 1.54) is 0 Å². The third-order valence-electron chi connectivity index (χ3n) is 5.92. The molecule has 0 atom stereocenters. The summed E-state index contributed by atoms with van der Waals surface area (Å²) in [6, 6.07) is 10.7. The molecular formula is C23H33N7. The van der Waals surface area contributed by atoms with Crippen LogP contribution in [-0.4, -0.2) is 57.9 Å². The van der Waals surface area contributed by atoms with Gasteiger partial charge in [0.05, 0.1) is 5.39 Å². The Bertz CT molecular complexity index is 943. The number of hydrogen-bond acceptors (Lipinski definition) is 6. The molecular weight excluding hydrogens is 374 g/mol. The molecule has 2 aromatic heterocycles. The fraction of sp³-hybridized carbons (Fsp3) is 0.522. The zero-order valence-electron chi connectivity index (χ0n) is 18.1. The molecule has 1 fully saturated rings. The van der Waals surface area contributed by atoms with Gasteiger partial charge in [0.1, 0.15) is 5.69 Å². The minimum Gasteiger partial charge on any atom is -0.354 e. The lowest BCUT2D eigenvalue weighted by atomic mass is 9.86. The number of nitrogens with two attached hydrogens (primary N) is 1. The molecule has 1 aliphatic rings. The molecule has 1 aromatic carbocycles. The lowest BCUT2D eigenvalue weighted by Gasteiger charge is -2.25. The molecule has 160 valence electrons. The third-order valence-corrected chi connectivity index (χ3v) is 5.92. The molecule has 7 heteroatoms. The van der Waals surface area contributed by atoms with Crippen molar-refractivity contribution in [2.45, 2.75) is 44.7 Å². The highest BCUT2D eigenvalue weighted by Crippen LogP contribution is 2.30. The number of aromatic nitrogens is 4. The molecule has 0 aliphatic heterocycles. The Morgan fingerprint density at radius 2 is 1.90 bits per heavy atom. The highest BCUT2D eigenvalue weighted by molar-refractivity contribution is 5.91. The molecule has 30 heavy (non-hydrogen) atoms. The Morgan fingerprint density at radius 3 is 2.63 bits per heavy atom. The Labute approximate surface area is 178 Å². The van der Waals surface area contributed by atoms with Crippen molar-refractivity contribution in [1.82, 2.24) is 24.6 Å². The molecule has 0 saturated heterocycles. The first-order chi connectivity index (χ1) is 14.6. The van der Waals surface area contributed by atoms with Crippen molar-refractivity contribution in [2.24, 2.45) is 11.7 Å². The molecule has 4 rings (SSSR count). The van der Waals surface area contributed by atoms with Gasteiger partial charge in [-0.2, -0.15) is 10.1 Å². The van der Waals surface area contributed by atoms with Crippen LogP contribution in [0.15, 0.2) is 36.5 Å². The summed E-state index contributed by atoms with van der Waals surface area (Å²) in [7, 11) is 4.18. The Balaban J connectivity index is 1.61. The minimum atomic E-state index is 0.357. The van der Waals surface area contributed by atoms with Gasteiger partial charge in [0, 0.05) is 30.9 Å². The number of hydrogen-bond donors (Lipinski definition) is 2. The summed E-state index contributed by atoms with van der Waals surface area (Å²) in [5.74, 6) is 1.27. The first kappa shape index (κ1) is 20.8. The van der Waals surface area contributed by atoms with Gasteiger partial charge in [0.2, 0.25) is 5.95 Å². The zero-order chi connectivity index (χ0) is 20.9. The van der Waals surface area contributed by atoms with Crippen LogP contribution in [0.3, 0.4) is 0 Å². The van der Waals surface area contributed by atoms with Crippen molar-refractivity contribution in [3.8, 4) is 11.3 Å². The average molecular weight is 408 g/mol. The van der Waals surface area contributed by atoms with E-state index in [-0.39, 0.29) is 0 Å². The van der Waals surface area contributed by atoms with Crippen LogP contribution in [0, 0.1) is 5.92 Å². The second-order valence-corrected chi connectivity index (χ2v) is 8.69. The van der Waals surface area contributed by atoms with Gasteiger partial charge >= 0.3 is 0 Å². The van der Waals surface area contributed by atoms with E-state index in [2.05, 4.69) is 46.1 Å². The standard InChI is InChI=1S/C23H33N7/c1-29(2)14-6-13-25-23-26-15-20-21(18-7-4-3-5-8-18)28-30(22(20)27-23)16-17-9-11-19(24)12-10-17/h3-5,7-8,15,17,19H,6,9-14,16,24H2,1-2H3,(H,25,26,27). The minimum absolute atomic E-state index is 0.357. The lowest BCUT2D eigenvalue weighted by Crippen LogP contribution is -2.28. The van der Waals surface area contributed by atoms with Crippen molar-refractivity contribution in [1.29, 1.82) is 0 Å². The zero-order valence-corrected chi connectivity index (χ0v) is 18.1. The maximum absolute atomic E-state index is 6.10. The first-order valence-electron chi connectivity index (χ1n) is 11.0. The summed E-state index contributed by atoms with van der Waals surface area (Å²) in [6.45, 7) is 2.77. The van der Waals surface area contributed by atoms with Crippen LogP contribution >= 0.6 is 0 Å². The fourth-order valence-corrected chi connectivity index (χ4v) is 4.19. The maximum Gasteiger partial charge on any atom is 0.224 e. The molecule has 0 bridgehead atoms. The normalized spacial score (nSPS) is 19.5. The molecule has 7 nitrogen and oxygen atoms in total. The Morgan fingerprint density at radius 1 is 1.13 bits per heavy atom. The van der Waals surface area contributed by atoms with Crippen molar-refractivity contribution >= 4 is 17.0 Å². The third kappa shape index (κ3) is 4.96. The topological polar surface area (TPSA) is 84.9 Å². The van der Waals surface area contributed by atoms with Gasteiger partial charge in [-0.1, -0.05) is 30.3 Å². The van der Waals surface area contributed by atoms with Crippen molar-refractivity contribution in [3.05, 3.63) is 36.5 Å². The van der Waals surface area contributed by atoms with E-state index in [1.807, 2.05) is 24.4 Å². The summed E-state index contributed by atoms with van der Waals surface area (Å²) in [4.78, 5) is 11.6. The Kier molecular flexibility index (Phi) is 6.59. The van der Waals surface area contributed by atoms with Gasteiger partial charge in [-0.15, -0.1) is 0 Å². The predicted molar refractivity (Wildman–Crippen MR) is 122 cm³/mol. The van der Waals surface area contributed by atoms with E-state index in [9.17, 15) is 0 Å². The molecule has 1 saturated carbocycles. The predicted octanol–water partition coefficient (Wildman–Crippen LogP) is 3.37. The van der Waals surface area contributed by atoms with Crippen LogP contribution in [-0.2, 0) is 6.54 Å². The number of fused-ring (bicyclic) bond motifs is 1. The van der Waals surface area contributed by atoms with Crippen LogP contribution in [0.2, 0.25) is 0 Å². The van der Waals surface area contributed by atoms with E-state index < -0.39 is 0 Å². The van der Waals surface area contributed by atoms with Gasteiger partial charge in [-0.05, 0) is 58.7 Å². The Hall–Kier alpha value is -2.51. The molecule has 2 heterocycles. The van der Waals surface area contributed by atoms with Crippen molar-refractivity contribution < 1.29 is 0 Å². The smallest absolute Gasteiger partial charge is 0.224 e. The molecule has 1 aliphatic carbocycles. The highest BCUT2D eigenvalue weighted by atomic mass is 15.3.